The molecular formula is C92H85B2N7OS. The second-order valence-corrected chi connectivity index (χ2v) is 34.5. The Morgan fingerprint density at radius 1 is 0.379 bits per heavy atom. The van der Waals surface area contributed by atoms with Crippen molar-refractivity contribution in [3.8, 4) is 11.6 Å². The number of hydrogen-bond acceptors (Lipinski definition) is 9. The van der Waals surface area contributed by atoms with Crippen molar-refractivity contribution in [1.29, 1.82) is 0 Å². The molecule has 9 aromatic carbocycles. The summed E-state index contributed by atoms with van der Waals surface area (Å²) in [6.45, 7) is 19.0. The largest absolute Gasteiger partial charge is 0.440 e. The Hall–Kier alpha value is -10.1. The second kappa shape index (κ2) is 23.0. The van der Waals surface area contributed by atoms with Gasteiger partial charge in [0.1, 0.15) is 23.2 Å². The minimum absolute atomic E-state index is 0.0168. The molecule has 3 aromatic heterocycles. The fraction of sp³-hybridized carbons (Fsp3) is 0.261. The van der Waals surface area contributed by atoms with Gasteiger partial charge in [0.15, 0.2) is 0 Å². The molecule has 5 aliphatic carbocycles. The lowest BCUT2D eigenvalue weighted by molar-refractivity contribution is 0.139. The Morgan fingerprint density at radius 3 is 1.39 bits per heavy atom. The van der Waals surface area contributed by atoms with E-state index < -0.39 is 0 Å². The highest BCUT2D eigenvalue weighted by atomic mass is 32.1. The van der Waals surface area contributed by atoms with E-state index in [-0.39, 0.29) is 40.5 Å². The number of benzene rings is 9. The third-order valence-corrected chi connectivity index (χ3v) is 27.0. The van der Waals surface area contributed by atoms with Gasteiger partial charge in [-0.05, 0) is 233 Å². The quantitative estimate of drug-likeness (QED) is 0.126. The second-order valence-electron chi connectivity index (χ2n) is 33.4. The van der Waals surface area contributed by atoms with Crippen molar-refractivity contribution in [3.63, 3.8) is 0 Å². The predicted octanol–water partition coefficient (Wildman–Crippen LogP) is 20.9. The third-order valence-electron chi connectivity index (χ3n) is 25.6. The van der Waals surface area contributed by atoms with Crippen LogP contribution in [0.25, 0.3) is 0 Å². The summed E-state index contributed by atoms with van der Waals surface area (Å²) >= 11 is 2.09. The van der Waals surface area contributed by atoms with Crippen LogP contribution in [0.2, 0.25) is 0 Å². The zero-order valence-corrected chi connectivity index (χ0v) is 61.2. The van der Waals surface area contributed by atoms with E-state index in [2.05, 4.69) is 334 Å². The van der Waals surface area contributed by atoms with Crippen LogP contribution in [0.1, 0.15) is 147 Å². The number of thiophene rings is 1. The van der Waals surface area contributed by atoms with Crippen LogP contribution >= 0.6 is 11.3 Å². The van der Waals surface area contributed by atoms with Gasteiger partial charge in [-0.1, -0.05) is 183 Å². The summed E-state index contributed by atoms with van der Waals surface area (Å²) in [7, 11) is 0. The first-order valence-electron chi connectivity index (χ1n) is 37.7. The number of hydrogen-bond donors (Lipinski definition) is 0. The lowest BCUT2D eigenvalue weighted by Crippen LogP contribution is -2.64. The van der Waals surface area contributed by atoms with Gasteiger partial charge in [-0.15, -0.1) is 0 Å². The van der Waals surface area contributed by atoms with E-state index in [1.807, 2.05) is 0 Å². The summed E-state index contributed by atoms with van der Waals surface area (Å²) < 4.78 is 9.24. The third kappa shape index (κ3) is 9.69. The van der Waals surface area contributed by atoms with Gasteiger partial charge < -0.3 is 14.5 Å². The number of anilines is 15. The first kappa shape index (κ1) is 62.7. The summed E-state index contributed by atoms with van der Waals surface area (Å²) in [5.41, 5.74) is 24.8. The van der Waals surface area contributed by atoms with Crippen molar-refractivity contribution in [3.05, 3.63) is 270 Å². The molecule has 506 valence electrons. The summed E-state index contributed by atoms with van der Waals surface area (Å²) in [6, 6.07) is 91.1. The van der Waals surface area contributed by atoms with Crippen LogP contribution in [0.15, 0.2) is 243 Å². The van der Waals surface area contributed by atoms with Crippen LogP contribution in [0, 0.1) is 5.92 Å². The number of fused-ring (bicyclic) bond motifs is 13. The number of pyridine rings is 2. The Bertz CT molecular complexity index is 5380. The van der Waals surface area contributed by atoms with Gasteiger partial charge in [0, 0.05) is 95.6 Å². The van der Waals surface area contributed by atoms with Gasteiger partial charge in [0.2, 0.25) is 5.88 Å². The molecule has 0 radical (unpaired) electrons. The monoisotopic (exact) mass is 1360 g/mol. The Balaban J connectivity index is 0.857. The van der Waals surface area contributed by atoms with E-state index in [1.165, 1.54) is 92.5 Å². The molecule has 8 nitrogen and oxygen atoms in total. The molecular weight excluding hydrogens is 1270 g/mol. The summed E-state index contributed by atoms with van der Waals surface area (Å²) in [5.74, 6) is 4.77. The van der Waals surface area contributed by atoms with E-state index in [1.54, 1.807) is 0 Å². The summed E-state index contributed by atoms with van der Waals surface area (Å²) in [5, 5.41) is 0. The molecule has 21 rings (SSSR count). The van der Waals surface area contributed by atoms with E-state index in [9.17, 15) is 0 Å². The maximum atomic E-state index is 7.87. The maximum Gasteiger partial charge on any atom is 0.266 e. The standard InChI is InChI=1S/C92H85B2N7OS/c1-88(2)48-50-90(5,6)69-52-65(38-40-67(69)88)97(60-26-14-9-15-27-60)81-57-76-83-86(95-81)101(64-34-22-13-23-35-64)75-55-79-73(54-72(75)94(83)85-78(100(76)63-32-20-12-21-33-63)56-80(103-85)92-45-42-59(43-46-92)44-47-92)93-71-36-24-25-37-74(71)99(62-30-18-11-19-31-62)77-58-82(96-87(102-79)84(77)93)98(61-28-16-10-17-29-61)66-39-41-68-70(53-66)91(7,8)51-49-89(68,3)4/h9-41,52-59H,42-51H2,1-8H3. The number of ether oxygens (including phenoxy) is 1. The molecule has 0 N–H and O–H groups in total. The van der Waals surface area contributed by atoms with Crippen LogP contribution < -0.4 is 61.3 Å². The maximum absolute atomic E-state index is 7.87. The number of rotatable bonds is 10. The normalized spacial score (nSPS) is 19.7. The highest BCUT2D eigenvalue weighted by Crippen LogP contribution is 2.58. The van der Waals surface area contributed by atoms with Crippen molar-refractivity contribution >= 4 is 143 Å². The predicted molar refractivity (Wildman–Crippen MR) is 433 cm³/mol. The lowest BCUT2D eigenvalue weighted by atomic mass is 9.32. The van der Waals surface area contributed by atoms with Crippen LogP contribution in [0.3, 0.4) is 0 Å². The van der Waals surface area contributed by atoms with Crippen molar-refractivity contribution < 1.29 is 4.74 Å². The minimum atomic E-state index is -0.244. The Labute approximate surface area is 611 Å². The van der Waals surface area contributed by atoms with Gasteiger partial charge in [-0.3, -0.25) is 14.7 Å². The smallest absolute Gasteiger partial charge is 0.266 e. The Kier molecular flexibility index (Phi) is 14.0. The van der Waals surface area contributed by atoms with E-state index in [0.29, 0.717) is 5.88 Å². The average molecular weight is 1360 g/mol. The van der Waals surface area contributed by atoms with Crippen molar-refractivity contribution in [1.82, 2.24) is 9.97 Å². The molecule has 0 unspecified atom stereocenters. The van der Waals surface area contributed by atoms with Crippen LogP contribution in [-0.2, 0) is 27.1 Å². The summed E-state index contributed by atoms with van der Waals surface area (Å²) in [4.78, 5) is 26.1. The fourth-order valence-electron chi connectivity index (χ4n) is 19.7. The van der Waals surface area contributed by atoms with Crippen LogP contribution in [0.5, 0.6) is 11.6 Å². The van der Waals surface area contributed by atoms with Gasteiger partial charge in [-0.2, -0.15) is 16.3 Å². The highest BCUT2D eigenvalue weighted by Gasteiger charge is 2.52. The highest BCUT2D eigenvalue weighted by molar-refractivity contribution is 7.29. The number of para-hydroxylation sites is 6. The fourth-order valence-corrected chi connectivity index (χ4v) is 21.2. The molecule has 0 spiro atoms. The summed E-state index contributed by atoms with van der Waals surface area (Å²) in [6.07, 6.45) is 12.2. The minimum Gasteiger partial charge on any atom is -0.440 e. The first-order valence-corrected chi connectivity index (χ1v) is 38.6. The average Bonchev–Trinajstić information content (AvgIpc) is 1.67. The van der Waals surface area contributed by atoms with E-state index >= 15 is 0 Å². The van der Waals surface area contributed by atoms with Crippen molar-refractivity contribution in [2.45, 2.75) is 147 Å². The number of aromatic nitrogens is 2. The van der Waals surface area contributed by atoms with Crippen molar-refractivity contribution in [2.75, 3.05) is 24.5 Å². The molecule has 103 heavy (non-hydrogen) atoms. The van der Waals surface area contributed by atoms with Crippen LogP contribution in [0.4, 0.5) is 85.7 Å². The zero-order valence-electron chi connectivity index (χ0n) is 60.3. The molecule has 4 aliphatic heterocycles. The lowest BCUT2D eigenvalue weighted by Gasteiger charge is -2.46. The van der Waals surface area contributed by atoms with Crippen molar-refractivity contribution in [2.24, 2.45) is 5.92 Å². The topological polar surface area (TPSA) is 51.2 Å². The first-order chi connectivity index (χ1) is 50.0. The van der Waals surface area contributed by atoms with E-state index in [0.717, 1.165) is 128 Å². The molecule has 11 heteroatoms. The number of nitrogens with zero attached hydrogens (tertiary/aromatic N) is 7. The van der Waals surface area contributed by atoms with Gasteiger partial charge in [0.05, 0.1) is 11.4 Å². The molecule has 0 amide bonds. The molecule has 0 atom stereocenters. The van der Waals surface area contributed by atoms with E-state index in [4.69, 9.17) is 14.7 Å². The Morgan fingerprint density at radius 2 is 0.845 bits per heavy atom. The molecule has 0 saturated heterocycles. The molecule has 3 fully saturated rings. The molecule has 9 aliphatic rings. The molecule has 7 heterocycles. The molecule has 12 aromatic rings. The van der Waals surface area contributed by atoms with Gasteiger partial charge >= 0.3 is 0 Å². The zero-order chi connectivity index (χ0) is 69.5. The van der Waals surface area contributed by atoms with Crippen LogP contribution in [-0.4, -0.2) is 23.4 Å². The SMILES string of the molecule is CC1(C)CCC(C)(C)c2cc(N(c3ccccc3)c3cc4c5c(n3)Oc3cc6c(cc3B5c3ccccc3N4c3ccccc3)B3c4sc(C57CCC(CC5)CC7)cc4N(c4ccccc4)c4cc(N(c5ccccc5)c5ccc7c(c5)C(C)(C)CCC7(C)C)nc(c43)N6c3ccccc3)ccc21. The van der Waals surface area contributed by atoms with Gasteiger partial charge in [0.25, 0.3) is 13.4 Å². The van der Waals surface area contributed by atoms with Gasteiger partial charge in [-0.25, -0.2) is 4.98 Å². The molecule has 3 saturated carbocycles. The molecule has 2 bridgehead atoms.